The summed E-state index contributed by atoms with van der Waals surface area (Å²) in [5, 5.41) is 0. The van der Waals surface area contributed by atoms with Gasteiger partial charge in [0.2, 0.25) is 0 Å². The van der Waals surface area contributed by atoms with Gasteiger partial charge < -0.3 is 14.4 Å². The van der Waals surface area contributed by atoms with Gasteiger partial charge in [0.1, 0.15) is 6.61 Å². The number of carbonyl (C=O) groups excluding carboxylic acids is 2. The fourth-order valence-electron chi connectivity index (χ4n) is 2.18. The second-order valence-corrected chi connectivity index (χ2v) is 4.94. The first-order chi connectivity index (χ1) is 9.65. The number of amides is 1. The van der Waals surface area contributed by atoms with Crippen molar-refractivity contribution in [3.8, 4) is 0 Å². The van der Waals surface area contributed by atoms with Crippen LogP contribution in [-0.4, -0.2) is 36.7 Å². The van der Waals surface area contributed by atoms with E-state index in [1.807, 2.05) is 30.3 Å². The van der Waals surface area contributed by atoms with Crippen molar-refractivity contribution in [2.24, 2.45) is 5.92 Å². The molecule has 1 aliphatic rings. The van der Waals surface area contributed by atoms with Crippen molar-refractivity contribution in [1.82, 2.24) is 4.90 Å². The van der Waals surface area contributed by atoms with Crippen LogP contribution in [0, 0.1) is 5.92 Å². The van der Waals surface area contributed by atoms with E-state index >= 15 is 0 Å². The summed E-state index contributed by atoms with van der Waals surface area (Å²) < 4.78 is 10.2. The Bertz CT molecular complexity index is 460. The zero-order chi connectivity index (χ0) is 14.4. The highest BCUT2D eigenvalue weighted by Gasteiger charge is 2.27. The average molecular weight is 277 g/mol. The molecule has 1 amide bonds. The monoisotopic (exact) mass is 277 g/mol. The smallest absolute Gasteiger partial charge is 0.410 e. The second kappa shape index (κ2) is 6.93. The SMILES string of the molecule is CC(=O)OCC1CCN(C(=O)OCc2ccccc2)C1. The molecule has 0 bridgehead atoms. The van der Waals surface area contributed by atoms with Crippen molar-refractivity contribution < 1.29 is 19.1 Å². The lowest BCUT2D eigenvalue weighted by Crippen LogP contribution is -2.30. The van der Waals surface area contributed by atoms with Crippen LogP contribution < -0.4 is 0 Å². The highest BCUT2D eigenvalue weighted by atomic mass is 16.6. The van der Waals surface area contributed by atoms with E-state index in [2.05, 4.69) is 0 Å². The summed E-state index contributed by atoms with van der Waals surface area (Å²) in [5.41, 5.74) is 0.969. The van der Waals surface area contributed by atoms with Gasteiger partial charge in [0.15, 0.2) is 0 Å². The van der Waals surface area contributed by atoms with Crippen LogP contribution in [-0.2, 0) is 20.9 Å². The zero-order valence-corrected chi connectivity index (χ0v) is 11.6. The number of ether oxygens (including phenoxy) is 2. The number of carbonyl (C=O) groups is 2. The minimum Gasteiger partial charge on any atom is -0.466 e. The molecule has 0 saturated carbocycles. The van der Waals surface area contributed by atoms with Gasteiger partial charge in [-0.25, -0.2) is 4.79 Å². The summed E-state index contributed by atoms with van der Waals surface area (Å²) in [6, 6.07) is 9.58. The van der Waals surface area contributed by atoms with Crippen LogP contribution in [0.4, 0.5) is 4.79 Å². The van der Waals surface area contributed by atoms with E-state index in [0.29, 0.717) is 19.7 Å². The van der Waals surface area contributed by atoms with Crippen LogP contribution in [0.5, 0.6) is 0 Å². The highest BCUT2D eigenvalue weighted by Crippen LogP contribution is 2.18. The lowest BCUT2D eigenvalue weighted by atomic mass is 10.1. The van der Waals surface area contributed by atoms with Crippen molar-refractivity contribution in [1.29, 1.82) is 0 Å². The van der Waals surface area contributed by atoms with E-state index in [4.69, 9.17) is 9.47 Å². The van der Waals surface area contributed by atoms with Crippen molar-refractivity contribution in [3.63, 3.8) is 0 Å². The second-order valence-electron chi connectivity index (χ2n) is 4.94. The normalized spacial score (nSPS) is 17.9. The molecule has 1 aromatic carbocycles. The Labute approximate surface area is 118 Å². The van der Waals surface area contributed by atoms with Crippen LogP contribution in [0.15, 0.2) is 30.3 Å². The number of likely N-dealkylation sites (tertiary alicyclic amines) is 1. The average Bonchev–Trinajstić information content (AvgIpc) is 2.92. The van der Waals surface area contributed by atoms with E-state index in [9.17, 15) is 9.59 Å². The third-order valence-electron chi connectivity index (χ3n) is 3.27. The van der Waals surface area contributed by atoms with E-state index in [-0.39, 0.29) is 24.6 Å². The number of hydrogen-bond acceptors (Lipinski definition) is 4. The molecule has 1 fully saturated rings. The van der Waals surface area contributed by atoms with E-state index in [1.54, 1.807) is 4.90 Å². The summed E-state index contributed by atoms with van der Waals surface area (Å²) in [7, 11) is 0. The Balaban J connectivity index is 1.73. The Morgan fingerprint density at radius 1 is 1.25 bits per heavy atom. The fourth-order valence-corrected chi connectivity index (χ4v) is 2.18. The van der Waals surface area contributed by atoms with Gasteiger partial charge in [-0.15, -0.1) is 0 Å². The van der Waals surface area contributed by atoms with Crippen molar-refractivity contribution >= 4 is 12.1 Å². The van der Waals surface area contributed by atoms with Gasteiger partial charge in [0, 0.05) is 25.9 Å². The number of nitrogens with zero attached hydrogens (tertiary/aromatic N) is 1. The molecule has 0 N–H and O–H groups in total. The Morgan fingerprint density at radius 3 is 2.70 bits per heavy atom. The zero-order valence-electron chi connectivity index (χ0n) is 11.6. The molecule has 5 nitrogen and oxygen atoms in total. The fraction of sp³-hybridized carbons (Fsp3) is 0.467. The van der Waals surface area contributed by atoms with Crippen molar-refractivity contribution in [2.45, 2.75) is 20.0 Å². The molecule has 20 heavy (non-hydrogen) atoms. The summed E-state index contributed by atoms with van der Waals surface area (Å²) in [4.78, 5) is 24.3. The molecule has 5 heteroatoms. The summed E-state index contributed by atoms with van der Waals surface area (Å²) in [5.74, 6) is -0.0710. The van der Waals surface area contributed by atoms with Crippen LogP contribution in [0.2, 0.25) is 0 Å². The molecular weight excluding hydrogens is 258 g/mol. The molecular formula is C15H19NO4. The molecule has 0 aliphatic carbocycles. The number of hydrogen-bond donors (Lipinski definition) is 0. The molecule has 1 heterocycles. The van der Waals surface area contributed by atoms with Crippen LogP contribution >= 0.6 is 0 Å². The Morgan fingerprint density at radius 2 is 2.00 bits per heavy atom. The molecule has 0 spiro atoms. The predicted octanol–water partition coefficient (Wildman–Crippen LogP) is 2.21. The number of esters is 1. The quantitative estimate of drug-likeness (QED) is 0.792. The topological polar surface area (TPSA) is 55.8 Å². The predicted molar refractivity (Wildman–Crippen MR) is 72.9 cm³/mol. The van der Waals surface area contributed by atoms with E-state index < -0.39 is 0 Å². The van der Waals surface area contributed by atoms with Gasteiger partial charge in [-0.05, 0) is 12.0 Å². The number of rotatable bonds is 4. The summed E-state index contributed by atoms with van der Waals surface area (Å²) in [6.07, 6.45) is 0.535. The highest BCUT2D eigenvalue weighted by molar-refractivity contribution is 5.68. The van der Waals surface area contributed by atoms with Crippen molar-refractivity contribution in [3.05, 3.63) is 35.9 Å². The molecule has 1 saturated heterocycles. The van der Waals surface area contributed by atoms with Crippen LogP contribution in [0.1, 0.15) is 18.9 Å². The minimum absolute atomic E-state index is 0.211. The Kier molecular flexibility index (Phi) is 4.98. The van der Waals surface area contributed by atoms with Gasteiger partial charge in [0.05, 0.1) is 6.61 Å². The first-order valence-corrected chi connectivity index (χ1v) is 6.74. The molecule has 0 aromatic heterocycles. The third-order valence-corrected chi connectivity index (χ3v) is 3.27. The lowest BCUT2D eigenvalue weighted by Gasteiger charge is -2.16. The third kappa shape index (κ3) is 4.26. The maximum atomic E-state index is 11.9. The lowest BCUT2D eigenvalue weighted by molar-refractivity contribution is -0.142. The number of benzene rings is 1. The first-order valence-electron chi connectivity index (χ1n) is 6.74. The Hall–Kier alpha value is -2.04. The van der Waals surface area contributed by atoms with Crippen LogP contribution in [0.25, 0.3) is 0 Å². The van der Waals surface area contributed by atoms with Crippen molar-refractivity contribution in [2.75, 3.05) is 19.7 Å². The standard InChI is InChI=1S/C15H19NO4/c1-12(17)19-11-14-7-8-16(9-14)15(18)20-10-13-5-3-2-4-6-13/h2-6,14H,7-11H2,1H3. The molecule has 1 unspecified atom stereocenters. The van der Waals surface area contributed by atoms with Gasteiger partial charge in [-0.2, -0.15) is 0 Å². The largest absolute Gasteiger partial charge is 0.466 e. The van der Waals surface area contributed by atoms with Gasteiger partial charge in [0.25, 0.3) is 0 Å². The van der Waals surface area contributed by atoms with Gasteiger partial charge >= 0.3 is 12.1 Å². The molecule has 0 radical (unpaired) electrons. The maximum Gasteiger partial charge on any atom is 0.410 e. The first kappa shape index (κ1) is 14.4. The van der Waals surface area contributed by atoms with Gasteiger partial charge in [-0.1, -0.05) is 30.3 Å². The molecule has 1 aliphatic heterocycles. The molecule has 108 valence electrons. The summed E-state index contributed by atoms with van der Waals surface area (Å²) >= 11 is 0. The van der Waals surface area contributed by atoms with E-state index in [0.717, 1.165) is 12.0 Å². The van der Waals surface area contributed by atoms with Gasteiger partial charge in [-0.3, -0.25) is 4.79 Å². The molecule has 1 atom stereocenters. The minimum atomic E-state index is -0.306. The summed E-state index contributed by atoms with van der Waals surface area (Å²) in [6.45, 7) is 3.28. The van der Waals surface area contributed by atoms with Crippen LogP contribution in [0.3, 0.4) is 0 Å². The molecule has 2 rings (SSSR count). The molecule has 1 aromatic rings. The maximum absolute atomic E-state index is 11.9. The van der Waals surface area contributed by atoms with E-state index in [1.165, 1.54) is 6.92 Å².